The number of hydrogen-bond donors (Lipinski definition) is 1. The molecule has 11 heteroatoms. The molecule has 0 aliphatic rings. The Labute approximate surface area is 171 Å². The van der Waals surface area contributed by atoms with E-state index in [9.17, 15) is 26.4 Å². The number of alkyl halides is 3. The molecule has 0 atom stereocenters. The topological polar surface area (TPSA) is 75.7 Å². The SMILES string of the molecule is CN(C)S(=O)(=O)c1cccc(CSCC(=O)Nc2ccc(OC(F)(F)F)cc2)c1. The third-order valence-electron chi connectivity index (χ3n) is 3.55. The van der Waals surface area contributed by atoms with Crippen molar-refractivity contribution < 1.29 is 31.1 Å². The molecule has 0 heterocycles. The van der Waals surface area contributed by atoms with Gasteiger partial charge in [-0.2, -0.15) is 0 Å². The lowest BCUT2D eigenvalue weighted by Crippen LogP contribution is -2.22. The van der Waals surface area contributed by atoms with Crippen molar-refractivity contribution in [3.05, 3.63) is 54.1 Å². The Morgan fingerprint density at radius 1 is 1.14 bits per heavy atom. The molecule has 0 saturated heterocycles. The number of nitrogens with one attached hydrogen (secondary N) is 1. The van der Waals surface area contributed by atoms with Crippen molar-refractivity contribution in [1.29, 1.82) is 0 Å². The predicted molar refractivity (Wildman–Crippen MR) is 105 cm³/mol. The van der Waals surface area contributed by atoms with Crippen molar-refractivity contribution in [1.82, 2.24) is 4.31 Å². The molecule has 0 aromatic heterocycles. The Bertz CT molecular complexity index is 946. The molecule has 2 rings (SSSR count). The lowest BCUT2D eigenvalue weighted by atomic mass is 10.2. The van der Waals surface area contributed by atoms with Crippen LogP contribution in [-0.4, -0.2) is 44.8 Å². The minimum atomic E-state index is -4.77. The predicted octanol–water partition coefficient (Wildman–Crippen LogP) is 3.71. The first kappa shape index (κ1) is 23.0. The average molecular weight is 448 g/mol. The number of carbonyl (C=O) groups excluding carboxylic acids is 1. The zero-order valence-corrected chi connectivity index (χ0v) is 17.2. The van der Waals surface area contributed by atoms with E-state index in [1.54, 1.807) is 18.2 Å². The van der Waals surface area contributed by atoms with Crippen molar-refractivity contribution in [3.8, 4) is 5.75 Å². The summed E-state index contributed by atoms with van der Waals surface area (Å²) in [5.74, 6) is -0.206. The van der Waals surface area contributed by atoms with Crippen molar-refractivity contribution in [2.24, 2.45) is 0 Å². The van der Waals surface area contributed by atoms with E-state index in [0.29, 0.717) is 11.4 Å². The molecule has 2 aromatic carbocycles. The number of ether oxygens (including phenoxy) is 1. The van der Waals surface area contributed by atoms with Gasteiger partial charge in [0.05, 0.1) is 10.6 Å². The van der Waals surface area contributed by atoms with Crippen molar-refractivity contribution in [2.45, 2.75) is 17.0 Å². The summed E-state index contributed by atoms with van der Waals surface area (Å²) in [4.78, 5) is 12.2. The Kier molecular flexibility index (Phi) is 7.55. The second-order valence-electron chi connectivity index (χ2n) is 6.05. The number of rotatable bonds is 8. The van der Waals surface area contributed by atoms with Crippen LogP contribution in [-0.2, 0) is 20.6 Å². The van der Waals surface area contributed by atoms with Crippen molar-refractivity contribution >= 4 is 33.4 Å². The van der Waals surface area contributed by atoms with Crippen LogP contribution in [0, 0.1) is 0 Å². The Balaban J connectivity index is 1.86. The first-order chi connectivity index (χ1) is 13.5. The zero-order valence-electron chi connectivity index (χ0n) is 15.6. The van der Waals surface area contributed by atoms with Crippen LogP contribution in [0.1, 0.15) is 5.56 Å². The highest BCUT2D eigenvalue weighted by molar-refractivity contribution is 7.99. The lowest BCUT2D eigenvalue weighted by molar-refractivity contribution is -0.274. The van der Waals surface area contributed by atoms with Crippen LogP contribution >= 0.6 is 11.8 Å². The van der Waals surface area contributed by atoms with E-state index >= 15 is 0 Å². The highest BCUT2D eigenvalue weighted by Gasteiger charge is 2.30. The average Bonchev–Trinajstić information content (AvgIpc) is 2.62. The van der Waals surface area contributed by atoms with Gasteiger partial charge in [-0.15, -0.1) is 24.9 Å². The van der Waals surface area contributed by atoms with Crippen LogP contribution in [0.25, 0.3) is 0 Å². The van der Waals surface area contributed by atoms with Gasteiger partial charge in [0.2, 0.25) is 15.9 Å². The largest absolute Gasteiger partial charge is 0.573 e. The van der Waals surface area contributed by atoms with Crippen molar-refractivity contribution in [3.63, 3.8) is 0 Å². The van der Waals surface area contributed by atoms with Crippen molar-refractivity contribution in [2.75, 3.05) is 25.2 Å². The number of hydrogen-bond acceptors (Lipinski definition) is 5. The highest BCUT2D eigenvalue weighted by Crippen LogP contribution is 2.24. The fourth-order valence-electron chi connectivity index (χ4n) is 2.21. The van der Waals surface area contributed by atoms with E-state index in [2.05, 4.69) is 10.1 Å². The summed E-state index contributed by atoms with van der Waals surface area (Å²) in [7, 11) is -0.638. The van der Waals surface area contributed by atoms with Gasteiger partial charge in [0.1, 0.15) is 5.75 Å². The number of sulfonamides is 1. The Morgan fingerprint density at radius 2 is 1.79 bits per heavy atom. The summed E-state index contributed by atoms with van der Waals surface area (Å²) >= 11 is 1.28. The normalized spacial score (nSPS) is 12.1. The van der Waals surface area contributed by atoms with Crippen LogP contribution in [0.5, 0.6) is 5.75 Å². The van der Waals surface area contributed by atoms with Gasteiger partial charge in [-0.3, -0.25) is 4.79 Å². The number of thioether (sulfide) groups is 1. The molecular weight excluding hydrogens is 429 g/mol. The third-order valence-corrected chi connectivity index (χ3v) is 6.37. The highest BCUT2D eigenvalue weighted by atomic mass is 32.2. The smallest absolute Gasteiger partial charge is 0.406 e. The summed E-state index contributed by atoms with van der Waals surface area (Å²) < 4.78 is 65.6. The molecule has 6 nitrogen and oxygen atoms in total. The van der Waals surface area contributed by atoms with Gasteiger partial charge >= 0.3 is 6.36 Å². The van der Waals surface area contributed by atoms with Gasteiger partial charge in [-0.05, 0) is 42.0 Å². The molecule has 0 saturated carbocycles. The standard InChI is InChI=1S/C18H19F3N2O4S2/c1-23(2)29(25,26)16-5-3-4-13(10-16)11-28-12-17(24)22-14-6-8-15(9-7-14)27-18(19,20)21/h3-10H,11-12H2,1-2H3,(H,22,24). The maximum absolute atomic E-state index is 12.2. The minimum Gasteiger partial charge on any atom is -0.406 e. The number of carbonyl (C=O) groups is 1. The number of benzene rings is 2. The maximum Gasteiger partial charge on any atom is 0.573 e. The minimum absolute atomic E-state index is 0.0888. The third kappa shape index (κ3) is 7.26. The molecule has 0 radical (unpaired) electrons. The van der Waals surface area contributed by atoms with Crippen LogP contribution in [0.4, 0.5) is 18.9 Å². The second-order valence-corrected chi connectivity index (χ2v) is 9.19. The van der Waals surface area contributed by atoms with Gasteiger partial charge in [0.15, 0.2) is 0 Å². The monoisotopic (exact) mass is 448 g/mol. The molecular formula is C18H19F3N2O4S2. The fraction of sp³-hybridized carbons (Fsp3) is 0.278. The first-order valence-electron chi connectivity index (χ1n) is 8.22. The zero-order chi connectivity index (χ0) is 21.7. The second kappa shape index (κ2) is 9.51. The van der Waals surface area contributed by atoms with E-state index in [4.69, 9.17) is 0 Å². The number of nitrogens with zero attached hydrogens (tertiary/aromatic N) is 1. The maximum atomic E-state index is 12.2. The quantitative estimate of drug-likeness (QED) is 0.667. The summed E-state index contributed by atoms with van der Waals surface area (Å²) in [5, 5.41) is 2.57. The number of anilines is 1. The molecule has 0 bridgehead atoms. The molecule has 0 fully saturated rings. The number of amides is 1. The van der Waals surface area contributed by atoms with Gasteiger partial charge in [0.25, 0.3) is 0 Å². The van der Waals surface area contributed by atoms with Crippen LogP contribution in [0.2, 0.25) is 0 Å². The summed E-state index contributed by atoms with van der Waals surface area (Å²) in [6.45, 7) is 0. The van der Waals surface area contributed by atoms with E-state index < -0.39 is 16.4 Å². The van der Waals surface area contributed by atoms with Crippen LogP contribution < -0.4 is 10.1 Å². The van der Waals surface area contributed by atoms with Crippen LogP contribution in [0.15, 0.2) is 53.4 Å². The molecule has 29 heavy (non-hydrogen) atoms. The van der Waals surface area contributed by atoms with E-state index in [-0.39, 0.29) is 22.3 Å². The number of halogens is 3. The van der Waals surface area contributed by atoms with E-state index in [0.717, 1.165) is 22.0 Å². The van der Waals surface area contributed by atoms with E-state index in [1.165, 1.54) is 44.1 Å². The summed E-state index contributed by atoms with van der Waals surface area (Å²) in [5.41, 5.74) is 1.09. The Morgan fingerprint density at radius 3 is 2.38 bits per heavy atom. The molecule has 0 aliphatic heterocycles. The molecule has 2 aromatic rings. The van der Waals surface area contributed by atoms with Gasteiger partial charge in [0, 0.05) is 25.5 Å². The van der Waals surface area contributed by atoms with Crippen LogP contribution in [0.3, 0.4) is 0 Å². The van der Waals surface area contributed by atoms with Gasteiger partial charge in [-0.25, -0.2) is 12.7 Å². The fourth-order valence-corrected chi connectivity index (χ4v) is 3.95. The summed E-state index contributed by atoms with van der Waals surface area (Å²) in [6, 6.07) is 11.3. The Hall–Kier alpha value is -2.24. The first-order valence-corrected chi connectivity index (χ1v) is 10.8. The molecule has 158 valence electrons. The van der Waals surface area contributed by atoms with Gasteiger partial charge in [-0.1, -0.05) is 12.1 Å². The molecule has 0 spiro atoms. The summed E-state index contributed by atoms with van der Waals surface area (Å²) in [6.07, 6.45) is -4.77. The van der Waals surface area contributed by atoms with E-state index in [1.807, 2.05) is 0 Å². The lowest BCUT2D eigenvalue weighted by Gasteiger charge is -2.12. The molecule has 0 unspecified atom stereocenters. The molecule has 1 amide bonds. The van der Waals surface area contributed by atoms with Gasteiger partial charge < -0.3 is 10.1 Å². The molecule has 0 aliphatic carbocycles. The molecule has 1 N–H and O–H groups in total.